The van der Waals surface area contributed by atoms with Crippen molar-refractivity contribution < 1.29 is 4.79 Å². The van der Waals surface area contributed by atoms with Gasteiger partial charge >= 0.3 is 0 Å². The molecule has 1 amide bonds. The monoisotopic (exact) mass is 319 g/mol. The second-order valence-electron chi connectivity index (χ2n) is 5.24. The minimum Gasteiger partial charge on any atom is -0.354 e. The average molecular weight is 319 g/mol. The number of thiophene rings is 1. The summed E-state index contributed by atoms with van der Waals surface area (Å²) in [4.78, 5) is 24.7. The highest BCUT2D eigenvalue weighted by Crippen LogP contribution is 2.21. The van der Waals surface area contributed by atoms with Gasteiger partial charge < -0.3 is 5.32 Å². The van der Waals surface area contributed by atoms with Crippen LogP contribution >= 0.6 is 11.3 Å². The van der Waals surface area contributed by atoms with Gasteiger partial charge in [-0.15, -0.1) is 11.3 Å². The van der Waals surface area contributed by atoms with E-state index < -0.39 is 0 Å². The first-order valence-corrected chi connectivity index (χ1v) is 8.40. The topological polar surface area (TPSA) is 64.0 Å². The fourth-order valence-electron chi connectivity index (χ4n) is 2.07. The minimum absolute atomic E-state index is 0.0242. The molecule has 1 N–H and O–H groups in total. The average Bonchev–Trinajstić information content (AvgIpc) is 3.05. The van der Waals surface area contributed by atoms with Crippen molar-refractivity contribution in [2.24, 2.45) is 0 Å². The third kappa shape index (κ3) is 4.27. The van der Waals surface area contributed by atoms with E-state index in [0.717, 1.165) is 23.4 Å². The summed E-state index contributed by atoms with van der Waals surface area (Å²) in [5.74, 6) is 0.0242. The highest BCUT2D eigenvalue weighted by Gasteiger charge is 2.11. The van der Waals surface area contributed by atoms with E-state index in [-0.39, 0.29) is 17.5 Å². The smallest absolute Gasteiger partial charge is 0.267 e. The van der Waals surface area contributed by atoms with Crippen LogP contribution < -0.4 is 10.9 Å². The van der Waals surface area contributed by atoms with E-state index in [4.69, 9.17) is 0 Å². The largest absolute Gasteiger partial charge is 0.354 e. The first kappa shape index (κ1) is 16.4. The molecule has 2 aromatic rings. The number of carbonyl (C=O) groups is 1. The molecule has 6 heteroatoms. The zero-order chi connectivity index (χ0) is 15.9. The number of unbranched alkanes of at least 4 members (excludes halogenated alkanes) is 1. The highest BCUT2D eigenvalue weighted by molar-refractivity contribution is 7.13. The molecule has 0 aliphatic heterocycles. The molecule has 0 aromatic carbocycles. The summed E-state index contributed by atoms with van der Waals surface area (Å²) in [6, 6.07) is 7.00. The summed E-state index contributed by atoms with van der Waals surface area (Å²) in [5, 5.41) is 9.26. The van der Waals surface area contributed by atoms with Crippen LogP contribution in [0.25, 0.3) is 10.6 Å². The molecular formula is C16H21N3O2S. The molecule has 2 aromatic heterocycles. The summed E-state index contributed by atoms with van der Waals surface area (Å²) < 4.78 is 1.44. The van der Waals surface area contributed by atoms with Gasteiger partial charge in [-0.05, 0) is 30.9 Å². The van der Waals surface area contributed by atoms with Gasteiger partial charge in [0.1, 0.15) is 5.69 Å². The quantitative estimate of drug-likeness (QED) is 0.853. The Morgan fingerprint density at radius 2 is 2.23 bits per heavy atom. The fourth-order valence-corrected chi connectivity index (χ4v) is 2.76. The number of nitrogens with zero attached hydrogens (tertiary/aromatic N) is 2. The van der Waals surface area contributed by atoms with Crippen molar-refractivity contribution in [3.63, 3.8) is 0 Å². The molecule has 1 unspecified atom stereocenters. The number of aromatic nitrogens is 2. The molecule has 0 bridgehead atoms. The maximum Gasteiger partial charge on any atom is 0.267 e. The van der Waals surface area contributed by atoms with Gasteiger partial charge in [-0.1, -0.05) is 19.4 Å². The molecule has 118 valence electrons. The molecule has 22 heavy (non-hydrogen) atoms. The standard InChI is InChI=1S/C16H21N3O2S/c1-3-4-7-15(20)17-11-12(2)19-16(21)9-8-13(18-19)14-6-5-10-22-14/h5-6,8-10,12H,3-4,7,11H2,1-2H3,(H,17,20). The van der Waals surface area contributed by atoms with Crippen molar-refractivity contribution >= 4 is 17.2 Å². The molecule has 0 spiro atoms. The van der Waals surface area contributed by atoms with E-state index in [1.807, 2.05) is 24.4 Å². The predicted molar refractivity (Wildman–Crippen MR) is 89.1 cm³/mol. The summed E-state index contributed by atoms with van der Waals surface area (Å²) in [6.45, 7) is 4.34. The third-order valence-electron chi connectivity index (χ3n) is 3.37. The van der Waals surface area contributed by atoms with Gasteiger partial charge in [0.05, 0.1) is 10.9 Å². The molecule has 0 aliphatic rings. The Hall–Kier alpha value is -1.95. The number of rotatable bonds is 7. The van der Waals surface area contributed by atoms with Gasteiger partial charge in [-0.2, -0.15) is 5.10 Å². The van der Waals surface area contributed by atoms with Crippen LogP contribution in [0.3, 0.4) is 0 Å². The molecule has 0 saturated carbocycles. The van der Waals surface area contributed by atoms with E-state index in [1.54, 1.807) is 17.4 Å². The summed E-state index contributed by atoms with van der Waals surface area (Å²) in [5.41, 5.74) is 0.620. The number of carbonyl (C=O) groups excluding carboxylic acids is 1. The number of amides is 1. The SMILES string of the molecule is CCCCC(=O)NCC(C)n1nc(-c2cccs2)ccc1=O. The normalized spacial score (nSPS) is 12.1. The zero-order valence-electron chi connectivity index (χ0n) is 12.9. The number of nitrogens with one attached hydrogen (secondary N) is 1. The third-order valence-corrected chi connectivity index (χ3v) is 4.26. The van der Waals surface area contributed by atoms with Crippen molar-refractivity contribution in [3.8, 4) is 10.6 Å². The van der Waals surface area contributed by atoms with Crippen LogP contribution in [0.5, 0.6) is 0 Å². The molecular weight excluding hydrogens is 298 g/mol. The van der Waals surface area contributed by atoms with E-state index in [9.17, 15) is 9.59 Å². The van der Waals surface area contributed by atoms with Crippen LogP contribution in [0, 0.1) is 0 Å². The van der Waals surface area contributed by atoms with Crippen LogP contribution in [0.15, 0.2) is 34.4 Å². The lowest BCUT2D eigenvalue weighted by molar-refractivity contribution is -0.121. The van der Waals surface area contributed by atoms with Gasteiger partial charge in [-0.25, -0.2) is 4.68 Å². The molecule has 0 aliphatic carbocycles. The van der Waals surface area contributed by atoms with Crippen LogP contribution in [0.2, 0.25) is 0 Å². The Labute approximate surface area is 134 Å². The van der Waals surface area contributed by atoms with Crippen molar-refractivity contribution in [2.75, 3.05) is 6.54 Å². The fraction of sp³-hybridized carbons (Fsp3) is 0.438. The highest BCUT2D eigenvalue weighted by atomic mass is 32.1. The Morgan fingerprint density at radius 3 is 2.91 bits per heavy atom. The minimum atomic E-state index is -0.182. The van der Waals surface area contributed by atoms with E-state index >= 15 is 0 Å². The Kier molecular flexibility index (Phi) is 5.89. The van der Waals surface area contributed by atoms with Crippen molar-refractivity contribution in [1.82, 2.24) is 15.1 Å². The van der Waals surface area contributed by atoms with E-state index in [1.165, 1.54) is 10.7 Å². The Balaban J connectivity index is 2.06. The van der Waals surface area contributed by atoms with Crippen LogP contribution in [0.4, 0.5) is 0 Å². The number of hydrogen-bond donors (Lipinski definition) is 1. The van der Waals surface area contributed by atoms with Crippen LogP contribution in [-0.2, 0) is 4.79 Å². The van der Waals surface area contributed by atoms with Crippen LogP contribution in [0.1, 0.15) is 39.2 Å². The van der Waals surface area contributed by atoms with E-state index in [2.05, 4.69) is 17.3 Å². The predicted octanol–water partition coefficient (Wildman–Crippen LogP) is 2.84. The number of hydrogen-bond acceptors (Lipinski definition) is 4. The molecule has 1 atom stereocenters. The van der Waals surface area contributed by atoms with Gasteiger partial charge in [0.2, 0.25) is 5.91 Å². The first-order valence-electron chi connectivity index (χ1n) is 7.52. The molecule has 0 radical (unpaired) electrons. The van der Waals surface area contributed by atoms with Crippen molar-refractivity contribution in [3.05, 3.63) is 40.0 Å². The molecule has 2 heterocycles. The van der Waals surface area contributed by atoms with Crippen molar-refractivity contribution in [2.45, 2.75) is 39.2 Å². The van der Waals surface area contributed by atoms with Crippen LogP contribution in [-0.4, -0.2) is 22.2 Å². The second kappa shape index (κ2) is 7.89. The van der Waals surface area contributed by atoms with E-state index in [0.29, 0.717) is 13.0 Å². The summed E-state index contributed by atoms with van der Waals surface area (Å²) in [7, 11) is 0. The summed E-state index contributed by atoms with van der Waals surface area (Å²) in [6.07, 6.45) is 2.40. The van der Waals surface area contributed by atoms with Gasteiger partial charge in [0, 0.05) is 19.0 Å². The molecule has 0 fully saturated rings. The molecule has 2 rings (SSSR count). The van der Waals surface area contributed by atoms with Gasteiger partial charge in [-0.3, -0.25) is 9.59 Å². The molecule has 0 saturated heterocycles. The zero-order valence-corrected chi connectivity index (χ0v) is 13.7. The lowest BCUT2D eigenvalue weighted by Crippen LogP contribution is -2.34. The summed E-state index contributed by atoms with van der Waals surface area (Å²) >= 11 is 1.58. The Morgan fingerprint density at radius 1 is 1.41 bits per heavy atom. The lowest BCUT2D eigenvalue weighted by Gasteiger charge is -2.15. The molecule has 5 nitrogen and oxygen atoms in total. The lowest BCUT2D eigenvalue weighted by atomic mass is 10.2. The van der Waals surface area contributed by atoms with Crippen molar-refractivity contribution in [1.29, 1.82) is 0 Å². The first-order chi connectivity index (χ1) is 10.6. The maximum atomic E-state index is 12.0. The second-order valence-corrected chi connectivity index (χ2v) is 6.18. The van der Waals surface area contributed by atoms with Gasteiger partial charge in [0.15, 0.2) is 0 Å². The maximum absolute atomic E-state index is 12.0. The van der Waals surface area contributed by atoms with Gasteiger partial charge in [0.25, 0.3) is 5.56 Å². The Bertz CT molecular complexity index is 664.